The third-order valence-corrected chi connectivity index (χ3v) is 5.02. The van der Waals surface area contributed by atoms with Crippen molar-refractivity contribution < 1.29 is 14.3 Å². The van der Waals surface area contributed by atoms with E-state index in [1.165, 1.54) is 12.7 Å². The fraction of sp³-hybridized carbons (Fsp3) is 0.417. The first-order valence-corrected chi connectivity index (χ1v) is 10.5. The number of amides is 1. The molecule has 1 aromatic heterocycles. The molecule has 0 aliphatic carbocycles. The van der Waals surface area contributed by atoms with Gasteiger partial charge in [-0.05, 0) is 36.1 Å². The zero-order chi connectivity index (χ0) is 21.3. The van der Waals surface area contributed by atoms with Gasteiger partial charge in [0.2, 0.25) is 5.91 Å². The summed E-state index contributed by atoms with van der Waals surface area (Å²) in [6.45, 7) is 6.33. The smallest absolute Gasteiger partial charge is 0.245 e. The van der Waals surface area contributed by atoms with Crippen molar-refractivity contribution in [3.8, 4) is 5.75 Å². The van der Waals surface area contributed by atoms with Crippen molar-refractivity contribution >= 4 is 16.9 Å². The number of fused-ring (bicyclic) bond motifs is 1. The Hall–Kier alpha value is -2.86. The third-order valence-electron chi connectivity index (χ3n) is 5.02. The molecule has 0 saturated heterocycles. The highest BCUT2D eigenvalue weighted by Gasteiger charge is 2.12. The maximum atomic E-state index is 11.5. The Bertz CT molecular complexity index is 965. The number of para-hydroxylation sites is 3. The maximum absolute atomic E-state index is 11.5. The number of benzene rings is 2. The summed E-state index contributed by atoms with van der Waals surface area (Å²) in [7, 11) is 1.52. The van der Waals surface area contributed by atoms with Gasteiger partial charge >= 0.3 is 0 Å². The van der Waals surface area contributed by atoms with Crippen LogP contribution in [0.15, 0.2) is 48.5 Å². The van der Waals surface area contributed by atoms with Crippen LogP contribution in [-0.2, 0) is 22.5 Å². The van der Waals surface area contributed by atoms with E-state index in [2.05, 4.69) is 41.9 Å². The van der Waals surface area contributed by atoms with Gasteiger partial charge in [-0.2, -0.15) is 0 Å². The number of hydrogen-bond acceptors (Lipinski definition) is 4. The van der Waals surface area contributed by atoms with Crippen LogP contribution in [0.5, 0.6) is 5.75 Å². The summed E-state index contributed by atoms with van der Waals surface area (Å²) >= 11 is 0. The number of nitrogens with one attached hydrogen (secondary N) is 1. The lowest BCUT2D eigenvalue weighted by Gasteiger charge is -2.15. The van der Waals surface area contributed by atoms with E-state index in [9.17, 15) is 4.79 Å². The average Bonchev–Trinajstić information content (AvgIpc) is 3.09. The van der Waals surface area contributed by atoms with E-state index in [0.717, 1.165) is 42.0 Å². The third kappa shape index (κ3) is 5.60. The van der Waals surface area contributed by atoms with Crippen LogP contribution in [-0.4, -0.2) is 42.3 Å². The molecule has 0 fully saturated rings. The van der Waals surface area contributed by atoms with Gasteiger partial charge in [0.05, 0.1) is 17.6 Å². The molecule has 30 heavy (non-hydrogen) atoms. The van der Waals surface area contributed by atoms with Crippen molar-refractivity contribution in [1.29, 1.82) is 0 Å². The van der Waals surface area contributed by atoms with Gasteiger partial charge in [0.15, 0.2) is 0 Å². The molecule has 3 rings (SSSR count). The fourth-order valence-corrected chi connectivity index (χ4v) is 3.56. The zero-order valence-corrected chi connectivity index (χ0v) is 18.1. The summed E-state index contributed by atoms with van der Waals surface area (Å²) in [5.41, 5.74) is 3.31. The van der Waals surface area contributed by atoms with Crippen molar-refractivity contribution in [3.05, 3.63) is 59.9 Å². The van der Waals surface area contributed by atoms with Crippen molar-refractivity contribution in [2.75, 3.05) is 26.9 Å². The molecule has 0 bridgehead atoms. The quantitative estimate of drug-likeness (QED) is 0.487. The Morgan fingerprint density at radius 2 is 1.90 bits per heavy atom. The minimum Gasteiger partial charge on any atom is -0.491 e. The van der Waals surface area contributed by atoms with E-state index in [-0.39, 0.29) is 12.5 Å². The second kappa shape index (κ2) is 10.8. The van der Waals surface area contributed by atoms with E-state index in [1.807, 2.05) is 30.3 Å². The lowest BCUT2D eigenvalue weighted by Crippen LogP contribution is -2.28. The van der Waals surface area contributed by atoms with E-state index in [4.69, 9.17) is 14.5 Å². The van der Waals surface area contributed by atoms with Crippen molar-refractivity contribution in [2.24, 2.45) is 0 Å². The number of imidazole rings is 1. The molecule has 6 heteroatoms. The highest BCUT2D eigenvalue weighted by atomic mass is 16.5. The van der Waals surface area contributed by atoms with Gasteiger partial charge in [-0.3, -0.25) is 4.79 Å². The number of carbonyl (C=O) groups is 1. The van der Waals surface area contributed by atoms with Crippen LogP contribution in [0.4, 0.5) is 0 Å². The van der Waals surface area contributed by atoms with Gasteiger partial charge in [0, 0.05) is 20.1 Å². The van der Waals surface area contributed by atoms with Gasteiger partial charge in [0.1, 0.15) is 24.8 Å². The molecule has 2 aromatic carbocycles. The van der Waals surface area contributed by atoms with E-state index in [0.29, 0.717) is 19.1 Å². The molecule has 1 N–H and O–H groups in total. The number of hydrogen-bond donors (Lipinski definition) is 1. The monoisotopic (exact) mass is 409 g/mol. The molecule has 0 saturated carbocycles. The van der Waals surface area contributed by atoms with E-state index in [1.54, 1.807) is 0 Å². The van der Waals surface area contributed by atoms with Gasteiger partial charge in [0.25, 0.3) is 0 Å². The number of methoxy groups -OCH3 is 1. The minimum atomic E-state index is -0.0942. The highest BCUT2D eigenvalue weighted by Crippen LogP contribution is 2.26. The number of ether oxygens (including phenoxy) is 2. The molecule has 1 amide bonds. The molecule has 0 aliphatic heterocycles. The molecular weight excluding hydrogens is 378 g/mol. The van der Waals surface area contributed by atoms with Crippen LogP contribution in [0.25, 0.3) is 11.0 Å². The van der Waals surface area contributed by atoms with Crippen molar-refractivity contribution in [1.82, 2.24) is 14.9 Å². The predicted octanol–water partition coefficient (Wildman–Crippen LogP) is 3.93. The second-order valence-corrected chi connectivity index (χ2v) is 7.60. The lowest BCUT2D eigenvalue weighted by atomic mass is 10.0. The molecule has 160 valence electrons. The first-order valence-electron chi connectivity index (χ1n) is 10.5. The molecule has 1 heterocycles. The normalized spacial score (nSPS) is 11.2. The average molecular weight is 410 g/mol. The number of aromatic nitrogens is 2. The van der Waals surface area contributed by atoms with Crippen LogP contribution in [0, 0.1) is 0 Å². The summed E-state index contributed by atoms with van der Waals surface area (Å²) in [6, 6.07) is 16.4. The predicted molar refractivity (Wildman–Crippen MR) is 119 cm³/mol. The van der Waals surface area contributed by atoms with Crippen LogP contribution in [0.2, 0.25) is 0 Å². The lowest BCUT2D eigenvalue weighted by molar-refractivity contribution is -0.124. The van der Waals surface area contributed by atoms with Gasteiger partial charge in [-0.25, -0.2) is 4.98 Å². The van der Waals surface area contributed by atoms with Crippen LogP contribution >= 0.6 is 0 Å². The van der Waals surface area contributed by atoms with Gasteiger partial charge in [-0.1, -0.05) is 44.2 Å². The fourth-order valence-electron chi connectivity index (χ4n) is 3.56. The Labute approximate surface area is 178 Å². The summed E-state index contributed by atoms with van der Waals surface area (Å²) in [5.74, 6) is 2.28. The molecular formula is C24H31N3O3. The van der Waals surface area contributed by atoms with Crippen molar-refractivity contribution in [2.45, 2.75) is 39.2 Å². The molecule has 0 radical (unpaired) electrons. The summed E-state index contributed by atoms with van der Waals surface area (Å²) in [4.78, 5) is 16.3. The SMILES string of the molecule is COCC(=O)NCCCc1nc2ccccc2n1CCOc1ccccc1C(C)C. The molecule has 0 unspecified atom stereocenters. The second-order valence-electron chi connectivity index (χ2n) is 7.60. The number of rotatable bonds is 11. The summed E-state index contributed by atoms with van der Waals surface area (Å²) in [6.07, 6.45) is 1.60. The topological polar surface area (TPSA) is 65.4 Å². The van der Waals surface area contributed by atoms with Gasteiger partial charge < -0.3 is 19.4 Å². The first kappa shape index (κ1) is 21.8. The van der Waals surface area contributed by atoms with E-state index < -0.39 is 0 Å². The summed E-state index contributed by atoms with van der Waals surface area (Å²) in [5, 5.41) is 2.86. The van der Waals surface area contributed by atoms with Gasteiger partial charge in [-0.15, -0.1) is 0 Å². The first-order chi connectivity index (χ1) is 14.6. The van der Waals surface area contributed by atoms with Crippen LogP contribution < -0.4 is 10.1 Å². The van der Waals surface area contributed by atoms with Crippen molar-refractivity contribution in [3.63, 3.8) is 0 Å². The van der Waals surface area contributed by atoms with E-state index >= 15 is 0 Å². The number of carbonyl (C=O) groups excluding carboxylic acids is 1. The Morgan fingerprint density at radius 1 is 1.13 bits per heavy atom. The Morgan fingerprint density at radius 3 is 2.70 bits per heavy atom. The standard InChI is InChI=1S/C24H31N3O3/c1-18(2)19-9-4-7-12-22(19)30-16-15-27-21-11-6-5-10-20(21)26-23(27)13-8-14-25-24(28)17-29-3/h4-7,9-12,18H,8,13-17H2,1-3H3,(H,25,28). The molecule has 0 aliphatic rings. The number of aryl methyl sites for hydroxylation is 1. The molecule has 0 atom stereocenters. The number of nitrogens with zero attached hydrogens (tertiary/aromatic N) is 2. The maximum Gasteiger partial charge on any atom is 0.245 e. The van der Waals surface area contributed by atoms with Crippen LogP contribution in [0.3, 0.4) is 0 Å². The molecule has 0 spiro atoms. The Balaban J connectivity index is 1.65. The van der Waals surface area contributed by atoms with Crippen LogP contribution in [0.1, 0.15) is 37.6 Å². The minimum absolute atomic E-state index is 0.0910. The Kier molecular flexibility index (Phi) is 7.85. The largest absolute Gasteiger partial charge is 0.491 e. The summed E-state index contributed by atoms with van der Waals surface area (Å²) < 4.78 is 13.2. The molecule has 6 nitrogen and oxygen atoms in total. The zero-order valence-electron chi connectivity index (χ0n) is 18.1. The molecule has 3 aromatic rings. The highest BCUT2D eigenvalue weighted by molar-refractivity contribution is 5.77.